The Hall–Kier alpha value is -1.07. The molecule has 0 unspecified atom stereocenters. The molecule has 0 bridgehead atoms. The summed E-state index contributed by atoms with van der Waals surface area (Å²) < 4.78 is 1.84. The quantitative estimate of drug-likeness (QED) is 0.893. The molecule has 122 valence electrons. The van der Waals surface area contributed by atoms with Crippen LogP contribution in [0.3, 0.4) is 0 Å². The van der Waals surface area contributed by atoms with Crippen LogP contribution in [0.1, 0.15) is 49.9 Å². The molecule has 0 radical (unpaired) electrons. The van der Waals surface area contributed by atoms with E-state index in [4.69, 9.17) is 16.7 Å². The van der Waals surface area contributed by atoms with Gasteiger partial charge in [0.1, 0.15) is 0 Å². The Morgan fingerprint density at radius 1 is 1.45 bits per heavy atom. The molecule has 1 spiro atoms. The molecule has 22 heavy (non-hydrogen) atoms. The second kappa shape index (κ2) is 5.85. The summed E-state index contributed by atoms with van der Waals surface area (Å²) in [6.07, 6.45) is 6.13. The van der Waals surface area contributed by atoms with Crippen LogP contribution in [0.5, 0.6) is 0 Å². The molecule has 2 aliphatic rings. The summed E-state index contributed by atoms with van der Waals surface area (Å²) in [5.74, 6) is -0.737. The van der Waals surface area contributed by atoms with E-state index in [0.717, 1.165) is 61.5 Å². The van der Waals surface area contributed by atoms with Crippen LogP contribution in [0, 0.1) is 18.3 Å². The van der Waals surface area contributed by atoms with Crippen LogP contribution in [0.25, 0.3) is 0 Å². The zero-order valence-corrected chi connectivity index (χ0v) is 14.0. The van der Waals surface area contributed by atoms with Gasteiger partial charge in [-0.3, -0.25) is 9.48 Å². The van der Waals surface area contributed by atoms with Crippen LogP contribution in [0.2, 0.25) is 5.02 Å². The summed E-state index contributed by atoms with van der Waals surface area (Å²) in [4.78, 5) is 11.0. The molecule has 2 aliphatic carbocycles. The highest BCUT2D eigenvalue weighted by atomic mass is 35.5. The number of carboxylic acid groups (broad SMARTS) is 1. The predicted molar refractivity (Wildman–Crippen MR) is 84.8 cm³/mol. The molecule has 1 aromatic rings. The number of nitrogens with one attached hydrogen (secondary N) is 1. The van der Waals surface area contributed by atoms with Crippen molar-refractivity contribution in [2.24, 2.45) is 18.4 Å². The first-order chi connectivity index (χ1) is 10.4. The van der Waals surface area contributed by atoms with Crippen LogP contribution in [0.15, 0.2) is 0 Å². The van der Waals surface area contributed by atoms with Crippen molar-refractivity contribution in [3.05, 3.63) is 16.4 Å². The van der Waals surface area contributed by atoms with Crippen molar-refractivity contribution in [1.29, 1.82) is 0 Å². The molecule has 1 heterocycles. The molecule has 0 amide bonds. The number of hydrogen-bond acceptors (Lipinski definition) is 3. The summed E-state index contributed by atoms with van der Waals surface area (Å²) in [5, 5.41) is 17.7. The van der Waals surface area contributed by atoms with Gasteiger partial charge in [0.05, 0.1) is 22.3 Å². The summed E-state index contributed by atoms with van der Waals surface area (Å²) in [6, 6.07) is 0.521. The molecule has 0 saturated heterocycles. The van der Waals surface area contributed by atoms with Gasteiger partial charge in [0.2, 0.25) is 0 Å². The van der Waals surface area contributed by atoms with E-state index < -0.39 is 5.97 Å². The third-order valence-corrected chi connectivity index (χ3v) is 6.07. The largest absolute Gasteiger partial charge is 0.481 e. The van der Waals surface area contributed by atoms with E-state index in [9.17, 15) is 4.79 Å². The van der Waals surface area contributed by atoms with Gasteiger partial charge in [-0.2, -0.15) is 5.10 Å². The molecule has 3 rings (SSSR count). The normalized spacial score (nSPS) is 31.2. The maximum absolute atomic E-state index is 11.0. The SMILES string of the molecule is Cc1nn(C)c(CNC2CC3(CCC(C(=O)O)CC3)C2)c1Cl. The number of aryl methyl sites for hydroxylation is 2. The lowest BCUT2D eigenvalue weighted by atomic mass is 9.57. The third-order valence-electron chi connectivity index (χ3n) is 5.57. The lowest BCUT2D eigenvalue weighted by Gasteiger charge is -2.51. The minimum atomic E-state index is -0.620. The van der Waals surface area contributed by atoms with Gasteiger partial charge in [-0.15, -0.1) is 0 Å². The van der Waals surface area contributed by atoms with E-state index in [1.165, 1.54) is 0 Å². The van der Waals surface area contributed by atoms with Gasteiger partial charge in [0, 0.05) is 19.6 Å². The minimum Gasteiger partial charge on any atom is -0.481 e. The van der Waals surface area contributed by atoms with Gasteiger partial charge in [-0.1, -0.05) is 11.6 Å². The van der Waals surface area contributed by atoms with Gasteiger partial charge in [-0.25, -0.2) is 0 Å². The Morgan fingerprint density at radius 3 is 2.59 bits per heavy atom. The van der Waals surface area contributed by atoms with Gasteiger partial charge in [-0.05, 0) is 50.9 Å². The number of aliphatic carboxylic acids is 1. The van der Waals surface area contributed by atoms with E-state index in [-0.39, 0.29) is 5.92 Å². The molecule has 0 aromatic carbocycles. The van der Waals surface area contributed by atoms with Crippen molar-refractivity contribution < 1.29 is 9.90 Å². The van der Waals surface area contributed by atoms with E-state index in [1.807, 2.05) is 18.7 Å². The van der Waals surface area contributed by atoms with E-state index in [0.29, 0.717) is 11.5 Å². The molecule has 1 aromatic heterocycles. The Balaban J connectivity index is 1.47. The average Bonchev–Trinajstić information content (AvgIpc) is 2.68. The minimum absolute atomic E-state index is 0.117. The summed E-state index contributed by atoms with van der Waals surface area (Å²) in [6.45, 7) is 2.67. The second-order valence-electron chi connectivity index (χ2n) is 7.07. The maximum atomic E-state index is 11.0. The second-order valence-corrected chi connectivity index (χ2v) is 7.45. The van der Waals surface area contributed by atoms with Crippen molar-refractivity contribution >= 4 is 17.6 Å². The first kappa shape index (κ1) is 15.8. The van der Waals surface area contributed by atoms with Crippen LogP contribution < -0.4 is 5.32 Å². The molecule has 0 atom stereocenters. The molecule has 0 aliphatic heterocycles. The zero-order chi connectivity index (χ0) is 15.9. The van der Waals surface area contributed by atoms with Crippen molar-refractivity contribution in [2.75, 3.05) is 0 Å². The fraction of sp³-hybridized carbons (Fsp3) is 0.750. The molecule has 2 saturated carbocycles. The van der Waals surface area contributed by atoms with Gasteiger partial charge >= 0.3 is 5.97 Å². The van der Waals surface area contributed by atoms with Crippen LogP contribution >= 0.6 is 11.6 Å². The zero-order valence-electron chi connectivity index (χ0n) is 13.2. The lowest BCUT2D eigenvalue weighted by molar-refractivity contribution is -0.144. The number of carboxylic acids is 1. The third kappa shape index (κ3) is 2.88. The van der Waals surface area contributed by atoms with Gasteiger partial charge < -0.3 is 10.4 Å². The first-order valence-electron chi connectivity index (χ1n) is 8.04. The standard InChI is InChI=1S/C16H24ClN3O2/c1-10-14(17)13(20(2)19-10)9-18-12-7-16(8-12)5-3-11(4-6-16)15(21)22/h11-12,18H,3-9H2,1-2H3,(H,21,22). The summed E-state index contributed by atoms with van der Waals surface area (Å²) in [7, 11) is 1.92. The van der Waals surface area contributed by atoms with Crippen molar-refractivity contribution in [1.82, 2.24) is 15.1 Å². The highest BCUT2D eigenvalue weighted by Gasteiger charge is 2.46. The summed E-state index contributed by atoms with van der Waals surface area (Å²) in [5.41, 5.74) is 2.31. The molecule has 2 fully saturated rings. The predicted octanol–water partition coefficient (Wildman–Crippen LogP) is 2.90. The molecular formula is C16H24ClN3O2. The lowest BCUT2D eigenvalue weighted by Crippen LogP contribution is -2.50. The van der Waals surface area contributed by atoms with E-state index >= 15 is 0 Å². The van der Waals surface area contributed by atoms with E-state index in [2.05, 4.69) is 10.4 Å². The number of carbonyl (C=O) groups is 1. The Kier molecular flexibility index (Phi) is 4.21. The molecule has 6 heteroatoms. The van der Waals surface area contributed by atoms with Crippen LogP contribution in [-0.4, -0.2) is 26.9 Å². The topological polar surface area (TPSA) is 67.2 Å². The fourth-order valence-corrected chi connectivity index (χ4v) is 4.36. The Bertz CT molecular complexity index is 568. The Morgan fingerprint density at radius 2 is 2.09 bits per heavy atom. The van der Waals surface area contributed by atoms with Crippen LogP contribution in [-0.2, 0) is 18.4 Å². The number of hydrogen-bond donors (Lipinski definition) is 2. The summed E-state index contributed by atoms with van der Waals surface area (Å²) >= 11 is 6.27. The van der Waals surface area contributed by atoms with Gasteiger partial charge in [0.15, 0.2) is 0 Å². The smallest absolute Gasteiger partial charge is 0.306 e. The molecule has 2 N–H and O–H groups in total. The highest BCUT2D eigenvalue weighted by Crippen LogP contribution is 2.52. The molecule has 5 nitrogen and oxygen atoms in total. The molecular weight excluding hydrogens is 302 g/mol. The fourth-order valence-electron chi connectivity index (χ4n) is 4.13. The monoisotopic (exact) mass is 325 g/mol. The number of nitrogens with zero attached hydrogens (tertiary/aromatic N) is 2. The average molecular weight is 326 g/mol. The maximum Gasteiger partial charge on any atom is 0.306 e. The highest BCUT2D eigenvalue weighted by molar-refractivity contribution is 6.31. The first-order valence-corrected chi connectivity index (χ1v) is 8.42. The van der Waals surface area contributed by atoms with Crippen molar-refractivity contribution in [3.8, 4) is 0 Å². The van der Waals surface area contributed by atoms with Crippen molar-refractivity contribution in [3.63, 3.8) is 0 Å². The number of rotatable bonds is 4. The number of halogens is 1. The van der Waals surface area contributed by atoms with Crippen LogP contribution in [0.4, 0.5) is 0 Å². The van der Waals surface area contributed by atoms with E-state index in [1.54, 1.807) is 0 Å². The Labute approximate surface area is 136 Å². The van der Waals surface area contributed by atoms with Crippen molar-refractivity contribution in [2.45, 2.75) is 58.0 Å². The van der Waals surface area contributed by atoms with Gasteiger partial charge in [0.25, 0.3) is 0 Å². The number of aromatic nitrogens is 2.